The summed E-state index contributed by atoms with van der Waals surface area (Å²) in [5.74, 6) is -0.338. The van der Waals surface area contributed by atoms with Crippen LogP contribution in [0.25, 0.3) is 10.9 Å². The number of carbonyl (C=O) groups is 2. The van der Waals surface area contributed by atoms with Crippen LogP contribution < -0.4 is 10.6 Å². The third kappa shape index (κ3) is 3.54. The SMILES string of the molecule is O=C(NC1CC1)c1cccc(NC(=O)c2c[nH]c3cc(Br)c(Br)cc23)c1. The lowest BCUT2D eigenvalue weighted by molar-refractivity contribution is 0.0949. The molecule has 1 heterocycles. The van der Waals surface area contributed by atoms with E-state index in [9.17, 15) is 9.59 Å². The van der Waals surface area contributed by atoms with E-state index in [1.54, 1.807) is 30.5 Å². The van der Waals surface area contributed by atoms with Gasteiger partial charge in [-0.25, -0.2) is 0 Å². The molecule has 0 saturated heterocycles. The van der Waals surface area contributed by atoms with Crippen LogP contribution in [0.1, 0.15) is 33.6 Å². The van der Waals surface area contributed by atoms with Crippen molar-refractivity contribution in [2.75, 3.05) is 5.32 Å². The fraction of sp³-hybridized carbons (Fsp3) is 0.158. The third-order valence-electron chi connectivity index (χ3n) is 4.26. The second kappa shape index (κ2) is 6.89. The highest BCUT2D eigenvalue weighted by Crippen LogP contribution is 2.30. The average molecular weight is 477 g/mol. The largest absolute Gasteiger partial charge is 0.360 e. The molecule has 2 amide bonds. The molecular formula is C19H15Br2N3O2. The molecule has 0 atom stereocenters. The van der Waals surface area contributed by atoms with E-state index in [0.717, 1.165) is 32.7 Å². The van der Waals surface area contributed by atoms with E-state index in [-0.39, 0.29) is 11.8 Å². The first-order valence-corrected chi connectivity index (χ1v) is 9.78. The topological polar surface area (TPSA) is 74.0 Å². The molecule has 1 saturated carbocycles. The maximum atomic E-state index is 12.7. The number of fused-ring (bicyclic) bond motifs is 1. The molecule has 1 aromatic heterocycles. The van der Waals surface area contributed by atoms with Gasteiger partial charge in [0.05, 0.1) is 5.56 Å². The van der Waals surface area contributed by atoms with Gasteiger partial charge in [-0.1, -0.05) is 6.07 Å². The number of nitrogens with one attached hydrogen (secondary N) is 3. The Morgan fingerprint density at radius 3 is 2.58 bits per heavy atom. The number of aromatic nitrogens is 1. The Morgan fingerprint density at radius 1 is 1.04 bits per heavy atom. The first-order chi connectivity index (χ1) is 12.5. The minimum atomic E-state index is -0.231. The molecule has 0 bridgehead atoms. The van der Waals surface area contributed by atoms with E-state index < -0.39 is 0 Å². The summed E-state index contributed by atoms with van der Waals surface area (Å²) in [6.07, 6.45) is 3.76. The molecule has 0 radical (unpaired) electrons. The molecule has 0 spiro atoms. The molecule has 26 heavy (non-hydrogen) atoms. The highest BCUT2D eigenvalue weighted by Gasteiger charge is 2.24. The fourth-order valence-electron chi connectivity index (χ4n) is 2.74. The summed E-state index contributed by atoms with van der Waals surface area (Å²) in [6, 6.07) is 11.1. The number of hydrogen-bond donors (Lipinski definition) is 3. The first kappa shape index (κ1) is 17.3. The van der Waals surface area contributed by atoms with Gasteiger partial charge in [0.1, 0.15) is 0 Å². The lowest BCUT2D eigenvalue weighted by atomic mass is 10.1. The van der Waals surface area contributed by atoms with E-state index in [4.69, 9.17) is 0 Å². The standard InChI is InChI=1S/C19H15Br2N3O2/c20-15-7-13-14(9-22-17(13)8-16(15)21)19(26)24-12-3-1-2-10(6-12)18(25)23-11-4-5-11/h1-3,6-9,11,22H,4-5H2,(H,23,25)(H,24,26). The van der Waals surface area contributed by atoms with E-state index in [1.165, 1.54) is 0 Å². The van der Waals surface area contributed by atoms with E-state index >= 15 is 0 Å². The van der Waals surface area contributed by atoms with Crippen LogP contribution in [-0.4, -0.2) is 22.8 Å². The van der Waals surface area contributed by atoms with Crippen molar-refractivity contribution in [3.63, 3.8) is 0 Å². The van der Waals surface area contributed by atoms with E-state index in [0.29, 0.717) is 22.9 Å². The Morgan fingerprint density at radius 2 is 1.81 bits per heavy atom. The minimum Gasteiger partial charge on any atom is -0.360 e. The van der Waals surface area contributed by atoms with Crippen LogP contribution in [-0.2, 0) is 0 Å². The van der Waals surface area contributed by atoms with Gasteiger partial charge in [-0.05, 0) is 75.0 Å². The van der Waals surface area contributed by atoms with Crippen molar-refractivity contribution in [2.45, 2.75) is 18.9 Å². The van der Waals surface area contributed by atoms with Crippen molar-refractivity contribution in [1.29, 1.82) is 0 Å². The minimum absolute atomic E-state index is 0.107. The number of halogens is 2. The predicted molar refractivity (Wildman–Crippen MR) is 109 cm³/mol. The molecule has 0 unspecified atom stereocenters. The van der Waals surface area contributed by atoms with Crippen LogP contribution in [0.2, 0.25) is 0 Å². The van der Waals surface area contributed by atoms with Gasteiger partial charge in [-0.3, -0.25) is 9.59 Å². The second-order valence-electron chi connectivity index (χ2n) is 6.30. The van der Waals surface area contributed by atoms with Gasteiger partial charge in [0.2, 0.25) is 0 Å². The number of benzene rings is 2. The second-order valence-corrected chi connectivity index (χ2v) is 8.01. The van der Waals surface area contributed by atoms with Crippen LogP contribution in [0.15, 0.2) is 51.5 Å². The predicted octanol–water partition coefficient (Wildman–Crippen LogP) is 4.84. The zero-order valence-corrected chi connectivity index (χ0v) is 16.8. The lowest BCUT2D eigenvalue weighted by Crippen LogP contribution is -2.25. The molecule has 1 aliphatic rings. The van der Waals surface area contributed by atoms with Crippen molar-refractivity contribution >= 4 is 60.3 Å². The smallest absolute Gasteiger partial charge is 0.257 e. The number of hydrogen-bond acceptors (Lipinski definition) is 2. The van der Waals surface area contributed by atoms with E-state index in [2.05, 4.69) is 47.5 Å². The van der Waals surface area contributed by atoms with Crippen LogP contribution in [0.5, 0.6) is 0 Å². The number of carbonyl (C=O) groups excluding carboxylic acids is 2. The van der Waals surface area contributed by atoms with Crippen molar-refractivity contribution in [3.8, 4) is 0 Å². The summed E-state index contributed by atoms with van der Waals surface area (Å²) < 4.78 is 1.78. The van der Waals surface area contributed by atoms with Gasteiger partial charge in [0.25, 0.3) is 11.8 Å². The van der Waals surface area contributed by atoms with Gasteiger partial charge in [-0.2, -0.15) is 0 Å². The Labute approximate surface area is 166 Å². The molecule has 132 valence electrons. The quantitative estimate of drug-likeness (QED) is 0.504. The molecule has 3 N–H and O–H groups in total. The molecule has 1 aliphatic carbocycles. The van der Waals surface area contributed by atoms with Gasteiger partial charge in [0.15, 0.2) is 0 Å². The van der Waals surface area contributed by atoms with Crippen LogP contribution in [0.3, 0.4) is 0 Å². The maximum absolute atomic E-state index is 12.7. The van der Waals surface area contributed by atoms with Crippen LogP contribution in [0.4, 0.5) is 5.69 Å². The summed E-state index contributed by atoms with van der Waals surface area (Å²) in [7, 11) is 0. The van der Waals surface area contributed by atoms with Gasteiger partial charge in [0, 0.05) is 43.3 Å². The summed E-state index contributed by atoms with van der Waals surface area (Å²) >= 11 is 6.92. The van der Waals surface area contributed by atoms with Gasteiger partial charge >= 0.3 is 0 Å². The van der Waals surface area contributed by atoms with Crippen molar-refractivity contribution < 1.29 is 9.59 Å². The average Bonchev–Trinajstić information content (AvgIpc) is 3.34. The Kier molecular flexibility index (Phi) is 4.58. The molecular weight excluding hydrogens is 462 g/mol. The Bertz CT molecular complexity index is 1020. The van der Waals surface area contributed by atoms with Crippen molar-refractivity contribution in [1.82, 2.24) is 10.3 Å². The Balaban J connectivity index is 1.56. The molecule has 5 nitrogen and oxygen atoms in total. The fourth-order valence-corrected chi connectivity index (χ4v) is 3.42. The number of amides is 2. The molecule has 1 fully saturated rings. The maximum Gasteiger partial charge on any atom is 0.257 e. The van der Waals surface area contributed by atoms with Gasteiger partial charge < -0.3 is 15.6 Å². The molecule has 0 aliphatic heterocycles. The zero-order chi connectivity index (χ0) is 18.3. The Hall–Kier alpha value is -2.12. The summed E-state index contributed by atoms with van der Waals surface area (Å²) in [4.78, 5) is 28.0. The number of aromatic amines is 1. The van der Waals surface area contributed by atoms with Crippen molar-refractivity contribution in [3.05, 3.63) is 62.7 Å². The number of anilines is 1. The highest BCUT2D eigenvalue weighted by molar-refractivity contribution is 9.13. The monoisotopic (exact) mass is 475 g/mol. The summed E-state index contributed by atoms with van der Waals surface area (Å²) in [5.41, 5.74) is 2.54. The van der Waals surface area contributed by atoms with E-state index in [1.807, 2.05) is 12.1 Å². The van der Waals surface area contributed by atoms with Crippen LogP contribution in [0, 0.1) is 0 Å². The summed E-state index contributed by atoms with van der Waals surface area (Å²) in [5, 5.41) is 6.64. The van der Waals surface area contributed by atoms with Crippen LogP contribution >= 0.6 is 31.9 Å². The normalized spacial score (nSPS) is 13.6. The molecule has 7 heteroatoms. The number of rotatable bonds is 4. The summed E-state index contributed by atoms with van der Waals surface area (Å²) in [6.45, 7) is 0. The van der Waals surface area contributed by atoms with Gasteiger partial charge in [-0.15, -0.1) is 0 Å². The molecule has 4 rings (SSSR count). The van der Waals surface area contributed by atoms with Crippen molar-refractivity contribution in [2.24, 2.45) is 0 Å². The molecule has 3 aromatic rings. The molecule has 2 aromatic carbocycles. The zero-order valence-electron chi connectivity index (χ0n) is 13.6. The lowest BCUT2D eigenvalue weighted by Gasteiger charge is -2.08. The third-order valence-corrected chi connectivity index (χ3v) is 6.11. The highest BCUT2D eigenvalue weighted by atomic mass is 79.9. The number of H-pyrrole nitrogens is 1. The first-order valence-electron chi connectivity index (χ1n) is 8.19.